The van der Waals surface area contributed by atoms with Crippen LogP contribution in [0.3, 0.4) is 0 Å². The van der Waals surface area contributed by atoms with Gasteiger partial charge < -0.3 is 4.74 Å². The molecular formula is C24H22N2O6S2. The monoisotopic (exact) mass is 498 g/mol. The van der Waals surface area contributed by atoms with E-state index < -0.39 is 27.8 Å². The molecule has 0 bridgehead atoms. The fraction of sp³-hybridized carbons (Fsp3) is 0.208. The van der Waals surface area contributed by atoms with Gasteiger partial charge in [-0.2, -0.15) is 0 Å². The predicted octanol–water partition coefficient (Wildman–Crippen LogP) is 4.14. The van der Waals surface area contributed by atoms with Crippen molar-refractivity contribution in [2.24, 2.45) is 0 Å². The van der Waals surface area contributed by atoms with Crippen LogP contribution in [0.25, 0.3) is 0 Å². The van der Waals surface area contributed by atoms with Crippen LogP contribution in [0, 0.1) is 13.8 Å². The lowest BCUT2D eigenvalue weighted by atomic mass is 10.1. The number of hydrogen-bond acceptors (Lipinski definition) is 7. The number of anilines is 1. The van der Waals surface area contributed by atoms with Crippen LogP contribution in [0.1, 0.15) is 54.0 Å². The molecule has 2 amide bonds. The van der Waals surface area contributed by atoms with Crippen LogP contribution in [-0.2, 0) is 21.3 Å². The summed E-state index contributed by atoms with van der Waals surface area (Å²) in [5, 5.41) is 0.0586. The first kappa shape index (κ1) is 23.7. The first-order valence-electron chi connectivity index (χ1n) is 10.5. The Morgan fingerprint density at radius 1 is 1.00 bits per heavy atom. The molecule has 0 spiro atoms. The van der Waals surface area contributed by atoms with Gasteiger partial charge in [-0.15, -0.1) is 11.3 Å². The van der Waals surface area contributed by atoms with E-state index in [1.54, 1.807) is 43.3 Å². The lowest BCUT2D eigenvalue weighted by molar-refractivity contribution is 0.0527. The lowest BCUT2D eigenvalue weighted by Gasteiger charge is -2.12. The van der Waals surface area contributed by atoms with Crippen molar-refractivity contribution >= 4 is 44.1 Å². The predicted molar refractivity (Wildman–Crippen MR) is 128 cm³/mol. The number of carbonyl (C=O) groups excluding carboxylic acids is 3. The van der Waals surface area contributed by atoms with Crippen molar-refractivity contribution in [2.45, 2.75) is 32.2 Å². The van der Waals surface area contributed by atoms with Gasteiger partial charge in [0, 0.05) is 4.88 Å². The Labute approximate surface area is 201 Å². The van der Waals surface area contributed by atoms with E-state index in [1.807, 2.05) is 13.8 Å². The molecule has 1 aliphatic rings. The normalized spacial score (nSPS) is 13.2. The fourth-order valence-electron chi connectivity index (χ4n) is 3.56. The zero-order valence-electron chi connectivity index (χ0n) is 18.7. The van der Waals surface area contributed by atoms with Crippen LogP contribution >= 0.6 is 11.3 Å². The molecule has 2 heterocycles. The largest absolute Gasteiger partial charge is 0.462 e. The molecule has 0 radical (unpaired) electrons. The second kappa shape index (κ2) is 9.03. The maximum atomic E-state index is 13.0. The zero-order valence-corrected chi connectivity index (χ0v) is 20.4. The van der Waals surface area contributed by atoms with E-state index in [0.29, 0.717) is 16.0 Å². The first-order valence-corrected chi connectivity index (χ1v) is 12.8. The minimum Gasteiger partial charge on any atom is -0.462 e. The molecular weight excluding hydrogens is 476 g/mol. The molecule has 0 fully saturated rings. The van der Waals surface area contributed by atoms with Crippen molar-refractivity contribution in [3.8, 4) is 0 Å². The van der Waals surface area contributed by atoms with Gasteiger partial charge in [0.05, 0.1) is 34.7 Å². The van der Waals surface area contributed by atoms with Crippen molar-refractivity contribution in [2.75, 3.05) is 11.3 Å². The number of rotatable bonds is 7. The molecule has 0 unspecified atom stereocenters. The molecule has 0 saturated carbocycles. The highest BCUT2D eigenvalue weighted by Gasteiger charge is 2.36. The van der Waals surface area contributed by atoms with E-state index in [0.717, 1.165) is 27.4 Å². The zero-order chi connectivity index (χ0) is 24.6. The van der Waals surface area contributed by atoms with E-state index >= 15 is 0 Å². The molecule has 34 heavy (non-hydrogen) atoms. The van der Waals surface area contributed by atoms with Gasteiger partial charge in [0.2, 0.25) is 0 Å². The number of ether oxygens (including phenoxy) is 1. The SMILES string of the molecule is CCOC(=O)c1cc(CN2C(=O)c3ccccc3C2=O)sc1NS(=O)(=O)c1ccc(C)c(C)c1. The maximum Gasteiger partial charge on any atom is 0.341 e. The van der Waals surface area contributed by atoms with Gasteiger partial charge in [0.15, 0.2) is 0 Å². The Bertz CT molecular complexity index is 1390. The Hall–Kier alpha value is -3.50. The number of hydrogen-bond donors (Lipinski definition) is 1. The summed E-state index contributed by atoms with van der Waals surface area (Å²) in [6.07, 6.45) is 0. The summed E-state index contributed by atoms with van der Waals surface area (Å²) in [7, 11) is -4.00. The number of benzene rings is 2. The topological polar surface area (TPSA) is 110 Å². The second-order valence-corrected chi connectivity index (χ2v) is 10.6. The summed E-state index contributed by atoms with van der Waals surface area (Å²) in [5.74, 6) is -1.59. The molecule has 0 aliphatic carbocycles. The molecule has 0 saturated heterocycles. The van der Waals surface area contributed by atoms with Crippen molar-refractivity contribution in [1.82, 2.24) is 4.90 Å². The van der Waals surface area contributed by atoms with Crippen LogP contribution in [0.4, 0.5) is 5.00 Å². The Balaban J connectivity index is 1.66. The summed E-state index contributed by atoms with van der Waals surface area (Å²) in [4.78, 5) is 39.6. The van der Waals surface area contributed by atoms with Gasteiger partial charge in [-0.1, -0.05) is 18.2 Å². The number of fused-ring (bicyclic) bond motifs is 1. The number of sulfonamides is 1. The first-order chi connectivity index (χ1) is 16.1. The summed E-state index contributed by atoms with van der Waals surface area (Å²) in [6.45, 7) is 5.33. The smallest absolute Gasteiger partial charge is 0.341 e. The van der Waals surface area contributed by atoms with Gasteiger partial charge >= 0.3 is 5.97 Å². The van der Waals surface area contributed by atoms with Crippen LogP contribution in [-0.4, -0.2) is 37.7 Å². The van der Waals surface area contributed by atoms with E-state index in [-0.39, 0.29) is 28.6 Å². The molecule has 1 aromatic heterocycles. The highest BCUT2D eigenvalue weighted by atomic mass is 32.2. The number of carbonyl (C=O) groups is 3. The number of thiophene rings is 1. The van der Waals surface area contributed by atoms with E-state index in [1.165, 1.54) is 12.1 Å². The van der Waals surface area contributed by atoms with Crippen molar-refractivity contribution in [1.29, 1.82) is 0 Å². The number of imide groups is 1. The second-order valence-electron chi connectivity index (χ2n) is 7.77. The van der Waals surface area contributed by atoms with E-state index in [9.17, 15) is 22.8 Å². The summed E-state index contributed by atoms with van der Waals surface area (Å²) in [6, 6.07) is 12.7. The number of nitrogens with one attached hydrogen (secondary N) is 1. The van der Waals surface area contributed by atoms with Gasteiger partial charge in [-0.25, -0.2) is 13.2 Å². The molecule has 2 aromatic carbocycles. The van der Waals surface area contributed by atoms with Crippen LogP contribution in [0.5, 0.6) is 0 Å². The van der Waals surface area contributed by atoms with Gasteiger partial charge in [0.25, 0.3) is 21.8 Å². The summed E-state index contributed by atoms with van der Waals surface area (Å²) >= 11 is 0.975. The third kappa shape index (κ3) is 4.34. The minimum absolute atomic E-state index is 0.0193. The standard InChI is InChI=1S/C24H22N2O6S2/c1-4-32-24(29)20-12-16(13-26-22(27)18-7-5-6-8-19(18)23(26)28)33-21(20)25-34(30,31)17-10-9-14(2)15(3)11-17/h5-12,25H,4,13H2,1-3H3. The molecule has 8 nitrogen and oxygen atoms in total. The highest BCUT2D eigenvalue weighted by Crippen LogP contribution is 2.34. The lowest BCUT2D eigenvalue weighted by Crippen LogP contribution is -2.28. The van der Waals surface area contributed by atoms with Crippen LogP contribution in [0.15, 0.2) is 53.4 Å². The summed E-state index contributed by atoms with van der Waals surface area (Å²) < 4.78 is 33.6. The number of nitrogens with zero attached hydrogens (tertiary/aromatic N) is 1. The van der Waals surface area contributed by atoms with Crippen LogP contribution < -0.4 is 4.72 Å². The average molecular weight is 499 g/mol. The molecule has 176 valence electrons. The fourth-order valence-corrected chi connectivity index (χ4v) is 5.99. The molecule has 0 atom stereocenters. The highest BCUT2D eigenvalue weighted by molar-refractivity contribution is 7.93. The molecule has 1 aliphatic heterocycles. The minimum atomic E-state index is -4.00. The average Bonchev–Trinajstić information content (AvgIpc) is 3.30. The third-order valence-electron chi connectivity index (χ3n) is 5.49. The Morgan fingerprint density at radius 3 is 2.24 bits per heavy atom. The van der Waals surface area contributed by atoms with Gasteiger partial charge in [-0.3, -0.25) is 19.2 Å². The Kier molecular flexibility index (Phi) is 6.28. The molecule has 3 aromatic rings. The number of aryl methyl sites for hydroxylation is 2. The molecule has 4 rings (SSSR count). The van der Waals surface area contributed by atoms with E-state index in [2.05, 4.69) is 4.72 Å². The van der Waals surface area contributed by atoms with E-state index in [4.69, 9.17) is 4.74 Å². The summed E-state index contributed by atoms with van der Waals surface area (Å²) in [5.41, 5.74) is 2.40. The van der Waals surface area contributed by atoms with Crippen LogP contribution in [0.2, 0.25) is 0 Å². The quantitative estimate of drug-likeness (QED) is 0.387. The van der Waals surface area contributed by atoms with Gasteiger partial charge in [-0.05, 0) is 62.2 Å². The third-order valence-corrected chi connectivity index (χ3v) is 8.00. The molecule has 1 N–H and O–H groups in total. The number of esters is 1. The van der Waals surface area contributed by atoms with Crippen molar-refractivity contribution < 1.29 is 27.5 Å². The Morgan fingerprint density at radius 2 is 1.65 bits per heavy atom. The van der Waals surface area contributed by atoms with Crippen molar-refractivity contribution in [3.05, 3.63) is 81.2 Å². The number of amides is 2. The van der Waals surface area contributed by atoms with Crippen molar-refractivity contribution in [3.63, 3.8) is 0 Å². The van der Waals surface area contributed by atoms with Gasteiger partial charge in [0.1, 0.15) is 5.00 Å². The molecule has 10 heteroatoms. The maximum absolute atomic E-state index is 13.0.